The number of nitrogens with one attached hydrogen (secondary N) is 2. The van der Waals surface area contributed by atoms with Crippen LogP contribution in [0.1, 0.15) is 20.8 Å². The number of aryl methyl sites for hydroxylation is 2. The van der Waals surface area contributed by atoms with Crippen LogP contribution in [0.25, 0.3) is 0 Å². The highest BCUT2D eigenvalue weighted by molar-refractivity contribution is 7.15. The van der Waals surface area contributed by atoms with Gasteiger partial charge in [0, 0.05) is 16.6 Å². The number of benzene rings is 1. The van der Waals surface area contributed by atoms with E-state index in [-0.39, 0.29) is 18.4 Å². The Morgan fingerprint density at radius 1 is 1.25 bits per heavy atom. The Kier molecular flexibility index (Phi) is 4.47. The van der Waals surface area contributed by atoms with Crippen LogP contribution in [0.2, 0.25) is 0 Å². The van der Waals surface area contributed by atoms with Crippen LogP contribution in [0.4, 0.5) is 5.13 Å². The van der Waals surface area contributed by atoms with Gasteiger partial charge >= 0.3 is 0 Å². The average molecular weight is 289 g/mol. The van der Waals surface area contributed by atoms with Gasteiger partial charge < -0.3 is 10.6 Å². The van der Waals surface area contributed by atoms with Crippen LogP contribution in [0.5, 0.6) is 0 Å². The van der Waals surface area contributed by atoms with Crippen LogP contribution in [0, 0.1) is 13.8 Å². The molecule has 0 bridgehead atoms. The largest absolute Gasteiger partial charge is 0.343 e. The summed E-state index contributed by atoms with van der Waals surface area (Å²) in [6.07, 6.45) is 1.69. The highest BCUT2D eigenvalue weighted by Crippen LogP contribution is 2.16. The van der Waals surface area contributed by atoms with E-state index >= 15 is 0 Å². The normalized spacial score (nSPS) is 10.1. The van der Waals surface area contributed by atoms with Gasteiger partial charge in [0.25, 0.3) is 5.91 Å². The van der Waals surface area contributed by atoms with Crippen molar-refractivity contribution in [2.24, 2.45) is 0 Å². The molecule has 2 N–H and O–H groups in total. The Balaban J connectivity index is 1.87. The van der Waals surface area contributed by atoms with E-state index in [0.717, 1.165) is 10.4 Å². The molecule has 2 aromatic rings. The molecule has 2 rings (SSSR count). The monoisotopic (exact) mass is 289 g/mol. The highest BCUT2D eigenvalue weighted by atomic mass is 32.1. The summed E-state index contributed by atoms with van der Waals surface area (Å²) < 4.78 is 0. The van der Waals surface area contributed by atoms with Crippen molar-refractivity contribution in [1.82, 2.24) is 10.3 Å². The molecule has 0 aliphatic carbocycles. The lowest BCUT2D eigenvalue weighted by Crippen LogP contribution is -2.33. The second kappa shape index (κ2) is 6.29. The maximum absolute atomic E-state index is 11.9. The minimum absolute atomic E-state index is 0.0776. The van der Waals surface area contributed by atoms with Gasteiger partial charge in [-0.1, -0.05) is 18.2 Å². The smallest absolute Gasteiger partial charge is 0.251 e. The van der Waals surface area contributed by atoms with Gasteiger partial charge in [0.15, 0.2) is 5.13 Å². The van der Waals surface area contributed by atoms with Crippen molar-refractivity contribution in [3.05, 3.63) is 46.5 Å². The summed E-state index contributed by atoms with van der Waals surface area (Å²) >= 11 is 1.39. The molecule has 104 valence electrons. The SMILES string of the molecule is Cc1cnc(NC(=O)CNC(=O)c2ccccc2C)s1. The van der Waals surface area contributed by atoms with Gasteiger partial charge in [-0.2, -0.15) is 0 Å². The molecule has 1 heterocycles. The first-order valence-electron chi connectivity index (χ1n) is 6.12. The molecule has 6 heteroatoms. The summed E-state index contributed by atoms with van der Waals surface area (Å²) in [6, 6.07) is 7.24. The van der Waals surface area contributed by atoms with Crippen molar-refractivity contribution in [2.75, 3.05) is 11.9 Å². The molecule has 0 saturated carbocycles. The molecule has 5 nitrogen and oxygen atoms in total. The summed E-state index contributed by atoms with van der Waals surface area (Å²) in [5.74, 6) is -0.546. The fourth-order valence-corrected chi connectivity index (χ4v) is 2.34. The van der Waals surface area contributed by atoms with E-state index in [9.17, 15) is 9.59 Å². The summed E-state index contributed by atoms with van der Waals surface area (Å²) in [5, 5.41) is 5.77. The van der Waals surface area contributed by atoms with Crippen LogP contribution in [0.3, 0.4) is 0 Å². The van der Waals surface area contributed by atoms with Crippen molar-refractivity contribution in [2.45, 2.75) is 13.8 Å². The minimum Gasteiger partial charge on any atom is -0.343 e. The third kappa shape index (κ3) is 3.64. The molecule has 0 radical (unpaired) electrons. The number of rotatable bonds is 4. The third-order valence-corrected chi connectivity index (χ3v) is 3.50. The molecule has 0 atom stereocenters. The van der Waals surface area contributed by atoms with E-state index in [1.807, 2.05) is 26.0 Å². The number of aromatic nitrogens is 1. The molecule has 0 aliphatic heterocycles. The Bertz CT molecular complexity index is 637. The lowest BCUT2D eigenvalue weighted by Gasteiger charge is -2.07. The molecule has 20 heavy (non-hydrogen) atoms. The second-order valence-electron chi connectivity index (χ2n) is 4.32. The number of thiazole rings is 1. The number of hydrogen-bond acceptors (Lipinski definition) is 4. The topological polar surface area (TPSA) is 71.1 Å². The van der Waals surface area contributed by atoms with E-state index in [1.165, 1.54) is 11.3 Å². The van der Waals surface area contributed by atoms with Gasteiger partial charge in [-0.25, -0.2) is 4.98 Å². The molecule has 0 unspecified atom stereocenters. The molecule has 1 aromatic heterocycles. The summed E-state index contributed by atoms with van der Waals surface area (Å²) in [7, 11) is 0. The number of amides is 2. The Morgan fingerprint density at radius 2 is 2.00 bits per heavy atom. The van der Waals surface area contributed by atoms with Gasteiger partial charge in [0.05, 0.1) is 6.54 Å². The van der Waals surface area contributed by atoms with Crippen LogP contribution in [-0.2, 0) is 4.79 Å². The maximum atomic E-state index is 11.9. The van der Waals surface area contributed by atoms with Crippen molar-refractivity contribution < 1.29 is 9.59 Å². The lowest BCUT2D eigenvalue weighted by molar-refractivity contribution is -0.115. The average Bonchev–Trinajstić information content (AvgIpc) is 2.82. The molecule has 1 aromatic carbocycles. The van der Waals surface area contributed by atoms with Crippen molar-refractivity contribution in [3.8, 4) is 0 Å². The zero-order valence-electron chi connectivity index (χ0n) is 11.3. The first kappa shape index (κ1) is 14.2. The Labute approximate surface area is 121 Å². The summed E-state index contributed by atoms with van der Waals surface area (Å²) in [6.45, 7) is 3.69. The van der Waals surface area contributed by atoms with E-state index in [0.29, 0.717) is 10.7 Å². The van der Waals surface area contributed by atoms with E-state index < -0.39 is 0 Å². The molecule has 0 spiro atoms. The van der Waals surface area contributed by atoms with Crippen LogP contribution in [0.15, 0.2) is 30.5 Å². The Hall–Kier alpha value is -2.21. The molecule has 0 saturated heterocycles. The van der Waals surface area contributed by atoms with E-state index in [2.05, 4.69) is 15.6 Å². The zero-order valence-corrected chi connectivity index (χ0v) is 12.1. The maximum Gasteiger partial charge on any atom is 0.251 e. The van der Waals surface area contributed by atoms with Gasteiger partial charge in [-0.05, 0) is 25.5 Å². The quantitative estimate of drug-likeness (QED) is 0.905. The Morgan fingerprint density at radius 3 is 2.65 bits per heavy atom. The summed E-state index contributed by atoms with van der Waals surface area (Å²) in [5.41, 5.74) is 1.45. The number of carbonyl (C=O) groups is 2. The standard InChI is InChI=1S/C14H15N3O2S/c1-9-5-3-4-6-11(9)13(19)15-8-12(18)17-14-16-7-10(2)20-14/h3-7H,8H2,1-2H3,(H,15,19)(H,16,17,18). The second-order valence-corrected chi connectivity index (χ2v) is 5.56. The van der Waals surface area contributed by atoms with E-state index in [4.69, 9.17) is 0 Å². The third-order valence-electron chi connectivity index (χ3n) is 2.67. The van der Waals surface area contributed by atoms with Gasteiger partial charge in [0.1, 0.15) is 0 Å². The van der Waals surface area contributed by atoms with Crippen LogP contribution >= 0.6 is 11.3 Å². The number of hydrogen-bond donors (Lipinski definition) is 2. The van der Waals surface area contributed by atoms with Crippen molar-refractivity contribution in [3.63, 3.8) is 0 Å². The molecular formula is C14H15N3O2S. The first-order valence-corrected chi connectivity index (χ1v) is 6.94. The number of anilines is 1. The minimum atomic E-state index is -0.290. The molecule has 2 amide bonds. The molecule has 0 fully saturated rings. The van der Waals surface area contributed by atoms with E-state index in [1.54, 1.807) is 18.3 Å². The van der Waals surface area contributed by atoms with Gasteiger partial charge in [0.2, 0.25) is 5.91 Å². The van der Waals surface area contributed by atoms with Crippen molar-refractivity contribution in [1.29, 1.82) is 0 Å². The van der Waals surface area contributed by atoms with Gasteiger partial charge in [-0.15, -0.1) is 11.3 Å². The number of nitrogens with zero attached hydrogens (tertiary/aromatic N) is 1. The van der Waals surface area contributed by atoms with Crippen LogP contribution in [-0.4, -0.2) is 23.3 Å². The fourth-order valence-electron chi connectivity index (χ4n) is 1.66. The lowest BCUT2D eigenvalue weighted by atomic mass is 10.1. The summed E-state index contributed by atoms with van der Waals surface area (Å²) in [4.78, 5) is 28.7. The molecular weight excluding hydrogens is 274 g/mol. The molecule has 0 aliphatic rings. The fraction of sp³-hybridized carbons (Fsp3) is 0.214. The number of carbonyl (C=O) groups excluding carboxylic acids is 2. The predicted octanol–water partition coefficient (Wildman–Crippen LogP) is 2.13. The predicted molar refractivity (Wildman–Crippen MR) is 79.0 cm³/mol. The first-order chi connectivity index (χ1) is 9.56. The van der Waals surface area contributed by atoms with Crippen molar-refractivity contribution >= 4 is 28.3 Å². The van der Waals surface area contributed by atoms with Gasteiger partial charge in [-0.3, -0.25) is 9.59 Å². The van der Waals surface area contributed by atoms with Crippen LogP contribution < -0.4 is 10.6 Å². The highest BCUT2D eigenvalue weighted by Gasteiger charge is 2.10. The zero-order chi connectivity index (χ0) is 14.5.